The number of aryl methyl sites for hydroxylation is 2. The van der Waals surface area contributed by atoms with Gasteiger partial charge in [0.25, 0.3) is 0 Å². The van der Waals surface area contributed by atoms with Crippen LogP contribution in [0.2, 0.25) is 0 Å². The second-order valence-electron chi connectivity index (χ2n) is 3.42. The number of hydrogen-bond acceptors (Lipinski definition) is 2. The maximum absolute atomic E-state index is 4.09. The number of halogens is 1. The third-order valence-electron chi connectivity index (χ3n) is 2.29. The highest BCUT2D eigenvalue weighted by Crippen LogP contribution is 2.32. The van der Waals surface area contributed by atoms with Crippen LogP contribution < -0.4 is 0 Å². The molecule has 1 aromatic rings. The van der Waals surface area contributed by atoms with Crippen molar-refractivity contribution in [3.63, 3.8) is 0 Å². The van der Waals surface area contributed by atoms with Gasteiger partial charge in [-0.15, -0.1) is 23.7 Å². The van der Waals surface area contributed by atoms with E-state index in [4.69, 9.17) is 0 Å². The third kappa shape index (κ3) is 2.25. The fraction of sp³-hybridized carbons (Fsp3) is 0.364. The lowest BCUT2D eigenvalue weighted by molar-refractivity contribution is 0.901. The number of hydrogen-bond donors (Lipinski definition) is 0. The maximum atomic E-state index is 4.09. The molecule has 2 heterocycles. The molecule has 1 unspecified atom stereocenters. The predicted molar refractivity (Wildman–Crippen MR) is 66.0 cm³/mol. The Hall–Kier alpha value is -0.600. The van der Waals surface area contributed by atoms with Crippen molar-refractivity contribution in [2.75, 3.05) is 0 Å². The summed E-state index contributed by atoms with van der Waals surface area (Å²) in [4.78, 5) is 6.99. The van der Waals surface area contributed by atoms with E-state index in [0.717, 1.165) is 6.42 Å². The van der Waals surface area contributed by atoms with E-state index in [1.165, 1.54) is 15.3 Å². The summed E-state index contributed by atoms with van der Waals surface area (Å²) in [6.07, 6.45) is 7.15. The van der Waals surface area contributed by atoms with E-state index in [0.29, 0.717) is 5.92 Å². The van der Waals surface area contributed by atoms with Crippen molar-refractivity contribution in [2.24, 2.45) is 4.99 Å². The summed E-state index contributed by atoms with van der Waals surface area (Å²) >= 11 is 1.91. The van der Waals surface area contributed by atoms with Gasteiger partial charge < -0.3 is 0 Å². The molecule has 1 aliphatic heterocycles. The summed E-state index contributed by atoms with van der Waals surface area (Å²) in [5.74, 6) is 0.566. The van der Waals surface area contributed by atoms with E-state index in [-0.39, 0.29) is 12.4 Å². The number of thiophene rings is 1. The van der Waals surface area contributed by atoms with Crippen LogP contribution in [-0.2, 0) is 0 Å². The van der Waals surface area contributed by atoms with Crippen LogP contribution in [-0.4, -0.2) is 6.21 Å². The van der Waals surface area contributed by atoms with Gasteiger partial charge in [0.15, 0.2) is 0 Å². The number of aliphatic imine (C=N–C) groups is 1. The van der Waals surface area contributed by atoms with Gasteiger partial charge in [-0.05, 0) is 31.9 Å². The van der Waals surface area contributed by atoms with Gasteiger partial charge in [0.2, 0.25) is 0 Å². The van der Waals surface area contributed by atoms with Crippen molar-refractivity contribution in [1.82, 2.24) is 0 Å². The molecule has 1 aliphatic rings. The summed E-state index contributed by atoms with van der Waals surface area (Å²) in [5.41, 5.74) is 1.42. The first kappa shape index (κ1) is 11.5. The Morgan fingerprint density at radius 2 is 2.21 bits per heavy atom. The summed E-state index contributed by atoms with van der Waals surface area (Å²) in [5, 5.41) is 0. The van der Waals surface area contributed by atoms with Crippen LogP contribution in [0, 0.1) is 13.8 Å². The highest BCUT2D eigenvalue weighted by molar-refractivity contribution is 7.12. The standard InChI is InChI=1S/C11H13NS.ClH/c1-8-7-9(2)13-11(8)10-3-5-12-6-4-10;/h3,5-7,10H,4H2,1-2H3;1H. The van der Waals surface area contributed by atoms with Crippen molar-refractivity contribution in [2.45, 2.75) is 26.2 Å². The molecule has 14 heavy (non-hydrogen) atoms. The molecule has 0 aliphatic carbocycles. The van der Waals surface area contributed by atoms with Crippen LogP contribution in [0.1, 0.15) is 27.7 Å². The first-order valence-electron chi connectivity index (χ1n) is 4.52. The van der Waals surface area contributed by atoms with Crippen molar-refractivity contribution < 1.29 is 0 Å². The molecule has 0 N–H and O–H groups in total. The van der Waals surface area contributed by atoms with Gasteiger partial charge in [0.1, 0.15) is 0 Å². The number of allylic oxidation sites excluding steroid dienone is 1. The summed E-state index contributed by atoms with van der Waals surface area (Å²) in [6.45, 7) is 4.36. The van der Waals surface area contributed by atoms with E-state index in [1.807, 2.05) is 23.8 Å². The highest BCUT2D eigenvalue weighted by Gasteiger charge is 2.13. The molecular formula is C11H14ClNS. The average molecular weight is 228 g/mol. The first-order chi connectivity index (χ1) is 6.27. The molecule has 3 heteroatoms. The molecule has 0 saturated heterocycles. The quantitative estimate of drug-likeness (QED) is 0.691. The minimum absolute atomic E-state index is 0. The maximum Gasteiger partial charge on any atom is 0.0230 e. The van der Waals surface area contributed by atoms with Gasteiger partial charge in [0, 0.05) is 28.1 Å². The summed E-state index contributed by atoms with van der Waals surface area (Å²) < 4.78 is 0. The molecular weight excluding hydrogens is 214 g/mol. The third-order valence-corrected chi connectivity index (χ3v) is 3.57. The zero-order valence-corrected chi connectivity index (χ0v) is 9.99. The fourth-order valence-corrected chi connectivity index (χ4v) is 2.82. The Labute approximate surface area is 95.0 Å². The lowest BCUT2D eigenvalue weighted by atomic mass is 10.0. The smallest absolute Gasteiger partial charge is 0.0230 e. The molecule has 0 radical (unpaired) electrons. The minimum atomic E-state index is 0. The molecule has 0 saturated carbocycles. The topological polar surface area (TPSA) is 12.4 Å². The Bertz CT molecular complexity index is 365. The van der Waals surface area contributed by atoms with Crippen molar-refractivity contribution in [3.8, 4) is 0 Å². The minimum Gasteiger partial charge on any atom is -0.269 e. The lowest BCUT2D eigenvalue weighted by Crippen LogP contribution is -1.97. The van der Waals surface area contributed by atoms with Gasteiger partial charge in [-0.2, -0.15) is 0 Å². The van der Waals surface area contributed by atoms with Gasteiger partial charge in [-0.1, -0.05) is 6.08 Å². The molecule has 2 rings (SSSR count). The molecule has 76 valence electrons. The van der Waals surface area contributed by atoms with Crippen molar-refractivity contribution >= 4 is 30.0 Å². The van der Waals surface area contributed by atoms with Gasteiger partial charge in [0.05, 0.1) is 0 Å². The van der Waals surface area contributed by atoms with E-state index >= 15 is 0 Å². The second kappa shape index (κ2) is 4.76. The number of nitrogens with zero attached hydrogens (tertiary/aromatic N) is 1. The van der Waals surface area contributed by atoms with Crippen LogP contribution in [0.15, 0.2) is 23.3 Å². The van der Waals surface area contributed by atoms with Crippen LogP contribution in [0.5, 0.6) is 0 Å². The largest absolute Gasteiger partial charge is 0.269 e. The van der Waals surface area contributed by atoms with E-state index in [1.54, 1.807) is 0 Å². The Morgan fingerprint density at radius 3 is 2.71 bits per heavy atom. The van der Waals surface area contributed by atoms with Gasteiger partial charge >= 0.3 is 0 Å². The molecule has 0 bridgehead atoms. The lowest BCUT2D eigenvalue weighted by Gasteiger charge is -2.11. The second-order valence-corrected chi connectivity index (χ2v) is 4.71. The Balaban J connectivity index is 0.000000980. The molecule has 0 fully saturated rings. The molecule has 0 aromatic carbocycles. The zero-order chi connectivity index (χ0) is 9.26. The SMILES string of the molecule is Cc1cc(C)c(C2C=CN=CC2)s1.Cl. The fourth-order valence-electron chi connectivity index (χ4n) is 1.69. The highest BCUT2D eigenvalue weighted by atomic mass is 35.5. The van der Waals surface area contributed by atoms with Crippen LogP contribution >= 0.6 is 23.7 Å². The average Bonchev–Trinajstić information content (AvgIpc) is 2.47. The Kier molecular flexibility index (Phi) is 3.90. The van der Waals surface area contributed by atoms with Crippen molar-refractivity contribution in [3.05, 3.63) is 33.7 Å². The molecule has 1 nitrogen and oxygen atoms in total. The van der Waals surface area contributed by atoms with E-state index in [2.05, 4.69) is 31.0 Å². The Morgan fingerprint density at radius 1 is 1.43 bits per heavy atom. The van der Waals surface area contributed by atoms with Crippen molar-refractivity contribution in [1.29, 1.82) is 0 Å². The summed E-state index contributed by atoms with van der Waals surface area (Å²) in [6, 6.07) is 2.26. The molecule has 1 aromatic heterocycles. The predicted octanol–water partition coefficient (Wildman–Crippen LogP) is 3.86. The molecule has 0 amide bonds. The van der Waals surface area contributed by atoms with E-state index in [9.17, 15) is 0 Å². The first-order valence-corrected chi connectivity index (χ1v) is 5.34. The molecule has 0 spiro atoms. The van der Waals surface area contributed by atoms with Crippen LogP contribution in [0.4, 0.5) is 0 Å². The normalized spacial score (nSPS) is 19.4. The monoisotopic (exact) mass is 227 g/mol. The van der Waals surface area contributed by atoms with Gasteiger partial charge in [-0.25, -0.2) is 0 Å². The van der Waals surface area contributed by atoms with Gasteiger partial charge in [-0.3, -0.25) is 4.99 Å². The van der Waals surface area contributed by atoms with Crippen LogP contribution in [0.25, 0.3) is 0 Å². The zero-order valence-electron chi connectivity index (χ0n) is 8.36. The number of rotatable bonds is 1. The molecule has 1 atom stereocenters. The van der Waals surface area contributed by atoms with Crippen LogP contribution in [0.3, 0.4) is 0 Å². The summed E-state index contributed by atoms with van der Waals surface area (Å²) in [7, 11) is 0. The van der Waals surface area contributed by atoms with E-state index < -0.39 is 0 Å².